The van der Waals surface area contributed by atoms with E-state index in [9.17, 15) is 4.79 Å². The summed E-state index contributed by atoms with van der Waals surface area (Å²) in [5.41, 5.74) is 0.500. The number of hydrogen-bond donors (Lipinski definition) is 0. The molecule has 3 heteroatoms. The van der Waals surface area contributed by atoms with Crippen molar-refractivity contribution in [3.05, 3.63) is 42.0 Å². The van der Waals surface area contributed by atoms with Crippen LogP contribution in [-0.4, -0.2) is 12.8 Å². The van der Waals surface area contributed by atoms with Gasteiger partial charge in [0.15, 0.2) is 0 Å². The van der Waals surface area contributed by atoms with Crippen molar-refractivity contribution in [2.75, 3.05) is 6.79 Å². The number of ether oxygens (including phenoxy) is 2. The number of cyclic esters (lactones) is 1. The summed E-state index contributed by atoms with van der Waals surface area (Å²) < 4.78 is 10.2. The summed E-state index contributed by atoms with van der Waals surface area (Å²) in [6, 6.07) is 11.4. The molecule has 0 amide bonds. The van der Waals surface area contributed by atoms with Gasteiger partial charge in [-0.25, -0.2) is 4.79 Å². The molecule has 3 nitrogen and oxygen atoms in total. The number of hydrogen-bond acceptors (Lipinski definition) is 3. The van der Waals surface area contributed by atoms with Gasteiger partial charge in [0.2, 0.25) is 6.79 Å². The Hall–Kier alpha value is -2.03. The zero-order chi connectivity index (χ0) is 10.3. The molecule has 74 valence electrons. The van der Waals surface area contributed by atoms with Crippen LogP contribution < -0.4 is 4.74 Å². The van der Waals surface area contributed by atoms with Gasteiger partial charge in [0.1, 0.15) is 11.3 Å². The van der Waals surface area contributed by atoms with Crippen molar-refractivity contribution in [1.29, 1.82) is 0 Å². The molecule has 0 N–H and O–H groups in total. The lowest BCUT2D eigenvalue weighted by molar-refractivity contribution is 0.00557. The summed E-state index contributed by atoms with van der Waals surface area (Å²) in [4.78, 5) is 11.4. The molecule has 3 rings (SSSR count). The Kier molecular flexibility index (Phi) is 1.65. The minimum absolute atomic E-state index is 0.000158. The number of benzene rings is 2. The summed E-state index contributed by atoms with van der Waals surface area (Å²) in [6.07, 6.45) is 0. The molecule has 1 aliphatic rings. The summed E-state index contributed by atoms with van der Waals surface area (Å²) in [6.45, 7) is -0.000158. The molecule has 2 aromatic rings. The van der Waals surface area contributed by atoms with E-state index in [4.69, 9.17) is 9.47 Å². The first-order chi connectivity index (χ1) is 7.36. The molecular formula is C12H8O3. The third-order valence-electron chi connectivity index (χ3n) is 2.49. The Balaban J connectivity index is 2.38. The largest absolute Gasteiger partial charge is 0.456 e. The van der Waals surface area contributed by atoms with Crippen LogP contribution in [-0.2, 0) is 4.74 Å². The first kappa shape index (κ1) is 8.29. The van der Waals surface area contributed by atoms with Gasteiger partial charge in [-0.05, 0) is 11.5 Å². The average molecular weight is 200 g/mol. The number of fused-ring (bicyclic) bond motifs is 3. The highest BCUT2D eigenvalue weighted by molar-refractivity contribution is 6.01. The van der Waals surface area contributed by atoms with Crippen molar-refractivity contribution >= 4 is 16.7 Å². The zero-order valence-corrected chi connectivity index (χ0v) is 7.90. The lowest BCUT2D eigenvalue weighted by Gasteiger charge is -2.18. The minimum Gasteiger partial charge on any atom is -0.456 e. The van der Waals surface area contributed by atoms with Crippen molar-refractivity contribution in [3.63, 3.8) is 0 Å². The Morgan fingerprint density at radius 3 is 2.80 bits per heavy atom. The normalized spacial score (nSPS) is 14.3. The molecule has 0 aromatic heterocycles. The fraction of sp³-hybridized carbons (Fsp3) is 0.0833. The van der Waals surface area contributed by atoms with Crippen LogP contribution in [0.3, 0.4) is 0 Å². The Morgan fingerprint density at radius 1 is 1.00 bits per heavy atom. The summed E-state index contributed by atoms with van der Waals surface area (Å²) in [5.74, 6) is 0.311. The van der Waals surface area contributed by atoms with Crippen molar-refractivity contribution in [2.24, 2.45) is 0 Å². The molecule has 0 saturated heterocycles. The van der Waals surface area contributed by atoms with Gasteiger partial charge < -0.3 is 9.47 Å². The van der Waals surface area contributed by atoms with E-state index in [0.717, 1.165) is 10.8 Å². The molecule has 1 heterocycles. The Labute approximate surface area is 86.2 Å². The van der Waals surface area contributed by atoms with E-state index in [1.54, 1.807) is 6.07 Å². The lowest BCUT2D eigenvalue weighted by atomic mass is 10.1. The fourth-order valence-corrected chi connectivity index (χ4v) is 1.78. The standard InChI is InChI=1S/C12H8O3/c13-12-10-6-5-8-3-1-2-4-9(8)11(10)14-7-15-12/h1-6H,7H2. The van der Waals surface area contributed by atoms with E-state index < -0.39 is 0 Å². The van der Waals surface area contributed by atoms with Crippen LogP contribution in [0.2, 0.25) is 0 Å². The van der Waals surface area contributed by atoms with Crippen LogP contribution >= 0.6 is 0 Å². The lowest BCUT2D eigenvalue weighted by Crippen LogP contribution is -2.18. The first-order valence-corrected chi connectivity index (χ1v) is 4.68. The Bertz CT molecular complexity index is 546. The highest BCUT2D eigenvalue weighted by atomic mass is 16.7. The summed E-state index contributed by atoms with van der Waals surface area (Å²) in [7, 11) is 0. The third-order valence-corrected chi connectivity index (χ3v) is 2.49. The van der Waals surface area contributed by atoms with Gasteiger partial charge in [-0.1, -0.05) is 30.3 Å². The molecule has 0 fully saturated rings. The van der Waals surface area contributed by atoms with E-state index in [2.05, 4.69) is 0 Å². The van der Waals surface area contributed by atoms with Crippen LogP contribution in [0.15, 0.2) is 36.4 Å². The molecule has 0 aliphatic carbocycles. The Morgan fingerprint density at radius 2 is 1.87 bits per heavy atom. The number of carbonyl (C=O) groups excluding carboxylic acids is 1. The van der Waals surface area contributed by atoms with Crippen molar-refractivity contribution in [3.8, 4) is 5.75 Å². The fourth-order valence-electron chi connectivity index (χ4n) is 1.78. The smallest absolute Gasteiger partial charge is 0.344 e. The molecule has 15 heavy (non-hydrogen) atoms. The highest BCUT2D eigenvalue weighted by Gasteiger charge is 2.21. The number of rotatable bonds is 0. The summed E-state index contributed by atoms with van der Waals surface area (Å²) in [5, 5.41) is 2.01. The molecule has 0 spiro atoms. The van der Waals surface area contributed by atoms with Crippen LogP contribution in [0.4, 0.5) is 0 Å². The van der Waals surface area contributed by atoms with Crippen molar-refractivity contribution in [1.82, 2.24) is 0 Å². The summed E-state index contributed by atoms with van der Waals surface area (Å²) >= 11 is 0. The van der Waals surface area contributed by atoms with Gasteiger partial charge in [-0.2, -0.15) is 0 Å². The maximum atomic E-state index is 11.4. The SMILES string of the molecule is O=C1OCOc2c1ccc1ccccc21. The van der Waals surface area contributed by atoms with E-state index >= 15 is 0 Å². The second-order valence-electron chi connectivity index (χ2n) is 3.36. The highest BCUT2D eigenvalue weighted by Crippen LogP contribution is 2.32. The van der Waals surface area contributed by atoms with E-state index in [0.29, 0.717) is 11.3 Å². The molecule has 0 atom stereocenters. The van der Waals surface area contributed by atoms with Gasteiger partial charge in [0.05, 0.1) is 0 Å². The van der Waals surface area contributed by atoms with Gasteiger partial charge in [0.25, 0.3) is 0 Å². The molecule has 0 bridgehead atoms. The van der Waals surface area contributed by atoms with Gasteiger partial charge >= 0.3 is 5.97 Å². The minimum atomic E-state index is -0.318. The molecule has 1 aliphatic heterocycles. The van der Waals surface area contributed by atoms with Crippen LogP contribution in [0.5, 0.6) is 5.75 Å². The van der Waals surface area contributed by atoms with Gasteiger partial charge in [-0.3, -0.25) is 0 Å². The molecule has 0 saturated carbocycles. The van der Waals surface area contributed by atoms with Gasteiger partial charge in [-0.15, -0.1) is 0 Å². The average Bonchev–Trinajstić information content (AvgIpc) is 2.29. The first-order valence-electron chi connectivity index (χ1n) is 4.68. The van der Waals surface area contributed by atoms with Crippen LogP contribution in [0.1, 0.15) is 10.4 Å². The number of esters is 1. The second kappa shape index (κ2) is 2.98. The second-order valence-corrected chi connectivity index (χ2v) is 3.36. The van der Waals surface area contributed by atoms with Crippen LogP contribution in [0, 0.1) is 0 Å². The van der Waals surface area contributed by atoms with Gasteiger partial charge in [0, 0.05) is 5.39 Å². The monoisotopic (exact) mass is 200 g/mol. The molecule has 2 aromatic carbocycles. The van der Waals surface area contributed by atoms with Crippen molar-refractivity contribution in [2.45, 2.75) is 0 Å². The topological polar surface area (TPSA) is 35.5 Å². The van der Waals surface area contributed by atoms with E-state index in [1.165, 1.54) is 0 Å². The third kappa shape index (κ3) is 1.16. The van der Waals surface area contributed by atoms with Crippen LogP contribution in [0.25, 0.3) is 10.8 Å². The maximum Gasteiger partial charge on any atom is 0.344 e. The molecule has 0 radical (unpaired) electrons. The zero-order valence-electron chi connectivity index (χ0n) is 7.90. The quantitative estimate of drug-likeness (QED) is 0.612. The maximum absolute atomic E-state index is 11.4. The molecule has 0 unspecified atom stereocenters. The van der Waals surface area contributed by atoms with E-state index in [-0.39, 0.29) is 12.8 Å². The predicted molar refractivity (Wildman–Crippen MR) is 54.9 cm³/mol. The predicted octanol–water partition coefficient (Wildman–Crippen LogP) is 2.35. The van der Waals surface area contributed by atoms with Crippen molar-refractivity contribution < 1.29 is 14.3 Å². The number of carbonyl (C=O) groups is 1. The molecular weight excluding hydrogens is 192 g/mol. The van der Waals surface area contributed by atoms with E-state index in [1.807, 2.05) is 30.3 Å².